The lowest BCUT2D eigenvalue weighted by Gasteiger charge is -2.38. The van der Waals surface area contributed by atoms with Gasteiger partial charge in [0.2, 0.25) is 5.91 Å². The first-order valence-corrected chi connectivity index (χ1v) is 19.0. The molecule has 16 heteroatoms. The highest BCUT2D eigenvalue weighted by Gasteiger charge is 2.40. The first-order valence-electron chi connectivity index (χ1n) is 14.3. The van der Waals surface area contributed by atoms with E-state index in [1.54, 1.807) is 53.4 Å². The summed E-state index contributed by atoms with van der Waals surface area (Å²) in [7, 11) is -13.3. The molecule has 0 fully saturated rings. The molecule has 4 rings (SSSR count). The molecular weight excluding hydrogens is 661 g/mol. The van der Waals surface area contributed by atoms with E-state index in [4.69, 9.17) is 5.11 Å². The molecule has 0 aliphatic carbocycles. The first kappa shape index (κ1) is 35.0. The molecule has 3 aromatic carbocycles. The third-order valence-corrected chi connectivity index (χ3v) is 10.9. The van der Waals surface area contributed by atoms with Crippen LogP contribution < -0.4 is 4.90 Å². The summed E-state index contributed by atoms with van der Waals surface area (Å²) in [5.41, 5.74) is 2.60. The molecule has 0 saturated heterocycles. The molecular formula is C30H34N2O11S3. The van der Waals surface area contributed by atoms with Gasteiger partial charge in [-0.25, -0.2) is 12.7 Å². The van der Waals surface area contributed by atoms with Crippen molar-refractivity contribution >= 4 is 53.5 Å². The Morgan fingerprint density at radius 1 is 0.717 bits per heavy atom. The molecule has 248 valence electrons. The van der Waals surface area contributed by atoms with Crippen LogP contribution in [0.5, 0.6) is 0 Å². The zero-order chi connectivity index (χ0) is 33.7. The van der Waals surface area contributed by atoms with Crippen LogP contribution in [0.1, 0.15) is 48.3 Å². The second kappa shape index (κ2) is 14.3. The number of hydrogen-bond donors (Lipinski definition) is 3. The quantitative estimate of drug-likeness (QED) is 0.196. The van der Waals surface area contributed by atoms with Gasteiger partial charge in [-0.15, -0.1) is 0 Å². The van der Waals surface area contributed by atoms with Crippen LogP contribution in [0.25, 0.3) is 0 Å². The van der Waals surface area contributed by atoms with E-state index in [-0.39, 0.29) is 30.7 Å². The van der Waals surface area contributed by atoms with E-state index in [1.807, 2.05) is 0 Å². The van der Waals surface area contributed by atoms with Crippen molar-refractivity contribution < 1.29 is 49.1 Å². The fourth-order valence-electron chi connectivity index (χ4n) is 5.45. The highest BCUT2D eigenvalue weighted by molar-refractivity contribution is 7.89. The minimum atomic E-state index is -4.56. The zero-order valence-electron chi connectivity index (χ0n) is 24.6. The summed E-state index contributed by atoms with van der Waals surface area (Å²) in [6.45, 7) is -0.399. The third-order valence-electron chi connectivity index (χ3n) is 7.48. The topological polar surface area (TPSA) is 204 Å². The van der Waals surface area contributed by atoms with Gasteiger partial charge in [-0.05, 0) is 66.6 Å². The number of amides is 1. The molecule has 46 heavy (non-hydrogen) atoms. The molecule has 13 nitrogen and oxygen atoms in total. The lowest BCUT2D eigenvalue weighted by molar-refractivity contribution is -0.137. The highest BCUT2D eigenvalue weighted by atomic mass is 32.2. The van der Waals surface area contributed by atoms with Crippen molar-refractivity contribution in [3.05, 3.63) is 89.5 Å². The van der Waals surface area contributed by atoms with Crippen LogP contribution in [0.2, 0.25) is 0 Å². The van der Waals surface area contributed by atoms with Crippen LogP contribution >= 0.6 is 0 Å². The maximum atomic E-state index is 14.5. The third kappa shape index (κ3) is 8.70. The highest BCUT2D eigenvalue weighted by Crippen LogP contribution is 2.46. The summed E-state index contributed by atoms with van der Waals surface area (Å²) in [5, 5.41) is 8.88. The number of anilines is 2. The maximum absolute atomic E-state index is 14.5. The number of carboxylic acid groups (broad SMARTS) is 1. The van der Waals surface area contributed by atoms with Gasteiger partial charge in [-0.3, -0.25) is 18.7 Å². The van der Waals surface area contributed by atoms with Gasteiger partial charge in [0.05, 0.1) is 22.3 Å². The molecule has 0 bridgehead atoms. The van der Waals surface area contributed by atoms with Crippen LogP contribution in [0.4, 0.5) is 11.4 Å². The van der Waals surface area contributed by atoms with Crippen LogP contribution in [-0.2, 0) is 46.3 Å². The number of nitrogens with zero attached hydrogens (tertiary/aromatic N) is 2. The summed E-state index contributed by atoms with van der Waals surface area (Å²) >= 11 is 0. The van der Waals surface area contributed by atoms with Crippen molar-refractivity contribution in [1.29, 1.82) is 0 Å². The number of carbonyl (C=O) groups is 2. The largest absolute Gasteiger partial charge is 0.481 e. The minimum Gasteiger partial charge on any atom is -0.481 e. The van der Waals surface area contributed by atoms with Gasteiger partial charge >= 0.3 is 5.97 Å². The van der Waals surface area contributed by atoms with Crippen molar-refractivity contribution in [2.24, 2.45) is 0 Å². The predicted molar refractivity (Wildman–Crippen MR) is 170 cm³/mol. The summed E-state index contributed by atoms with van der Waals surface area (Å²) in [4.78, 5) is 26.9. The Bertz CT molecular complexity index is 1860. The number of rotatable bonds is 15. The number of aliphatic carboxylic acids is 1. The van der Waals surface area contributed by atoms with Gasteiger partial charge in [0.1, 0.15) is 0 Å². The smallest absolute Gasteiger partial charge is 0.303 e. The molecule has 0 unspecified atom stereocenters. The lowest BCUT2D eigenvalue weighted by Crippen LogP contribution is -2.43. The summed E-state index contributed by atoms with van der Waals surface area (Å²) < 4.78 is 93.0. The standard InChI is InChI=1S/C30H34N2O11S3/c33-28(34)13-5-8-22-14-16-23(17-15-22)46(42,43)32(19-7-21-45(39,40)41)30(35)29-24-9-1-3-11-26(24)31(18-6-20-44(36,37)38)27-12-4-2-10-25(27)29/h1-4,9-12,14-17,29H,5-8,13,18-21H2,(H,33,34)(H,36,37,38)(H,39,40,41). The number of para-hydroxylation sites is 2. The van der Waals surface area contributed by atoms with Crippen LogP contribution in [-0.4, -0.2) is 80.2 Å². The van der Waals surface area contributed by atoms with Gasteiger partial charge in [0.15, 0.2) is 0 Å². The second-order valence-corrected chi connectivity index (χ2v) is 15.8. The number of fused-ring (bicyclic) bond motifs is 2. The van der Waals surface area contributed by atoms with E-state index in [2.05, 4.69) is 0 Å². The van der Waals surface area contributed by atoms with Gasteiger partial charge in [-0.1, -0.05) is 48.5 Å². The van der Waals surface area contributed by atoms with Crippen LogP contribution in [0, 0.1) is 0 Å². The van der Waals surface area contributed by atoms with Crippen molar-refractivity contribution in [2.75, 3.05) is 29.5 Å². The van der Waals surface area contributed by atoms with Crippen molar-refractivity contribution in [2.45, 2.75) is 42.9 Å². The number of carbonyl (C=O) groups excluding carboxylic acids is 1. The molecule has 1 amide bonds. The molecule has 1 heterocycles. The number of hydrogen-bond acceptors (Lipinski definition) is 9. The molecule has 0 aromatic heterocycles. The summed E-state index contributed by atoms with van der Waals surface area (Å²) in [6.07, 6.45) is 0.352. The number of carboxylic acids is 1. The SMILES string of the molecule is O=C(O)CCCc1ccc(S(=O)(=O)N(CCCS(=O)(=O)O)C(=O)C2c3ccccc3N(CCCS(=O)(=O)O)c3ccccc32)cc1. The Balaban J connectivity index is 1.74. The molecule has 3 N–H and O–H groups in total. The Labute approximate surface area is 268 Å². The van der Waals surface area contributed by atoms with E-state index >= 15 is 0 Å². The van der Waals surface area contributed by atoms with Crippen molar-refractivity contribution in [1.82, 2.24) is 4.31 Å². The average molecular weight is 695 g/mol. The van der Waals surface area contributed by atoms with Gasteiger partial charge in [-0.2, -0.15) is 16.8 Å². The Hall–Kier alpha value is -3.83. The zero-order valence-corrected chi connectivity index (χ0v) is 27.0. The number of aryl methyl sites for hydroxylation is 1. The average Bonchev–Trinajstić information content (AvgIpc) is 2.97. The maximum Gasteiger partial charge on any atom is 0.303 e. The van der Waals surface area contributed by atoms with E-state index in [1.165, 1.54) is 24.3 Å². The minimum absolute atomic E-state index is 0.0571. The lowest BCUT2D eigenvalue weighted by atomic mass is 9.84. The van der Waals surface area contributed by atoms with Crippen molar-refractivity contribution in [3.8, 4) is 0 Å². The summed E-state index contributed by atoms with van der Waals surface area (Å²) in [5.74, 6) is -4.24. The summed E-state index contributed by atoms with van der Waals surface area (Å²) in [6, 6.07) is 19.1. The van der Waals surface area contributed by atoms with Crippen LogP contribution in [0.15, 0.2) is 77.7 Å². The molecule has 1 aliphatic heterocycles. The first-order chi connectivity index (χ1) is 21.6. The number of benzene rings is 3. The Kier molecular flexibility index (Phi) is 10.9. The second-order valence-electron chi connectivity index (χ2n) is 10.8. The fraction of sp³-hybridized carbons (Fsp3) is 0.333. The van der Waals surface area contributed by atoms with E-state index in [0.29, 0.717) is 45.2 Å². The Morgan fingerprint density at radius 2 is 1.24 bits per heavy atom. The monoisotopic (exact) mass is 694 g/mol. The van der Waals surface area contributed by atoms with Crippen LogP contribution in [0.3, 0.4) is 0 Å². The normalized spacial score (nSPS) is 13.6. The predicted octanol–water partition coefficient (Wildman–Crippen LogP) is 3.45. The molecule has 0 atom stereocenters. The van der Waals surface area contributed by atoms with E-state index < -0.39 is 66.1 Å². The Morgan fingerprint density at radius 3 is 1.76 bits per heavy atom. The molecule has 0 saturated carbocycles. The van der Waals surface area contributed by atoms with Gasteiger partial charge in [0.25, 0.3) is 30.3 Å². The number of sulfonamides is 1. The molecule has 0 spiro atoms. The van der Waals surface area contributed by atoms with Gasteiger partial charge < -0.3 is 10.0 Å². The van der Waals surface area contributed by atoms with E-state index in [9.17, 15) is 43.9 Å². The molecule has 3 aromatic rings. The van der Waals surface area contributed by atoms with Crippen molar-refractivity contribution in [3.63, 3.8) is 0 Å². The van der Waals surface area contributed by atoms with E-state index in [0.717, 1.165) is 0 Å². The molecule has 0 radical (unpaired) electrons. The fourth-order valence-corrected chi connectivity index (χ4v) is 7.88. The molecule has 1 aliphatic rings. The van der Waals surface area contributed by atoms with Gasteiger partial charge in [0, 0.05) is 30.9 Å².